The van der Waals surface area contributed by atoms with Crippen molar-refractivity contribution in [3.8, 4) is 5.69 Å². The highest BCUT2D eigenvalue weighted by Gasteiger charge is 2.35. The van der Waals surface area contributed by atoms with Gasteiger partial charge >= 0.3 is 11.8 Å². The van der Waals surface area contributed by atoms with Crippen LogP contribution in [-0.2, 0) is 16.1 Å². The summed E-state index contributed by atoms with van der Waals surface area (Å²) < 4.78 is 15.0. The molecule has 2 aliphatic rings. The number of nitrogens with zero attached hydrogens (tertiary/aromatic N) is 5. The maximum Gasteiger partial charge on any atom is 0.316 e. The zero-order valence-corrected chi connectivity index (χ0v) is 13.9. The maximum absolute atomic E-state index is 13.3. The number of carbonyl (C=O) groups is 2. The van der Waals surface area contributed by atoms with Crippen LogP contribution in [0.2, 0.25) is 0 Å². The van der Waals surface area contributed by atoms with Crippen LogP contribution in [0.25, 0.3) is 5.69 Å². The Hall–Kier alpha value is -3.25. The van der Waals surface area contributed by atoms with Crippen molar-refractivity contribution in [1.29, 1.82) is 0 Å². The van der Waals surface area contributed by atoms with Crippen molar-refractivity contribution >= 4 is 11.8 Å². The van der Waals surface area contributed by atoms with E-state index in [2.05, 4.69) is 15.8 Å². The van der Waals surface area contributed by atoms with E-state index in [4.69, 9.17) is 0 Å². The Labute approximate surface area is 149 Å². The molecule has 0 N–H and O–H groups in total. The smallest absolute Gasteiger partial charge is 0.316 e. The molecule has 7 nitrogen and oxygen atoms in total. The number of piperazine rings is 1. The molecule has 1 saturated heterocycles. The van der Waals surface area contributed by atoms with Crippen molar-refractivity contribution < 1.29 is 14.0 Å². The molecular formula is C18H16FN5O2. The Kier molecular flexibility index (Phi) is 4.10. The van der Waals surface area contributed by atoms with Gasteiger partial charge in [0.1, 0.15) is 6.17 Å². The number of amides is 2. The molecule has 0 radical (unpaired) electrons. The van der Waals surface area contributed by atoms with E-state index in [1.165, 1.54) is 15.9 Å². The van der Waals surface area contributed by atoms with Crippen LogP contribution >= 0.6 is 0 Å². The second-order valence-corrected chi connectivity index (χ2v) is 6.12. The molecule has 0 bridgehead atoms. The summed E-state index contributed by atoms with van der Waals surface area (Å²) in [5, 5.41) is 4.13. The predicted molar refractivity (Wildman–Crippen MR) is 89.6 cm³/mol. The molecule has 1 aliphatic heterocycles. The van der Waals surface area contributed by atoms with Gasteiger partial charge in [0.2, 0.25) is 0 Å². The lowest BCUT2D eigenvalue weighted by Gasteiger charge is -2.33. The molecule has 132 valence electrons. The van der Waals surface area contributed by atoms with Crippen LogP contribution in [0.4, 0.5) is 4.39 Å². The number of alkyl halides is 1. The van der Waals surface area contributed by atoms with Gasteiger partial charge in [0.15, 0.2) is 0 Å². The SMILES string of the molecule is O=C1C(=O)N(C2=C=CC(F)C2)CCN1Cc1ccc(-n2cccn2)cn1. The first-order valence-electron chi connectivity index (χ1n) is 8.27. The van der Waals surface area contributed by atoms with E-state index in [9.17, 15) is 14.0 Å². The van der Waals surface area contributed by atoms with E-state index in [0.29, 0.717) is 24.5 Å². The highest BCUT2D eigenvalue weighted by atomic mass is 19.1. The lowest BCUT2D eigenvalue weighted by molar-refractivity contribution is -0.155. The molecule has 4 rings (SSSR count). The summed E-state index contributed by atoms with van der Waals surface area (Å²) in [5.41, 5.74) is 4.68. The van der Waals surface area contributed by atoms with E-state index < -0.39 is 18.0 Å². The molecule has 2 amide bonds. The van der Waals surface area contributed by atoms with Gasteiger partial charge in [0.05, 0.1) is 29.8 Å². The van der Waals surface area contributed by atoms with Crippen molar-refractivity contribution in [1.82, 2.24) is 24.6 Å². The van der Waals surface area contributed by atoms with Crippen LogP contribution in [0.5, 0.6) is 0 Å². The Morgan fingerprint density at radius 3 is 2.77 bits per heavy atom. The molecule has 1 unspecified atom stereocenters. The summed E-state index contributed by atoms with van der Waals surface area (Å²) in [6.07, 6.45) is 5.40. The molecule has 8 heteroatoms. The molecule has 3 heterocycles. The van der Waals surface area contributed by atoms with Crippen LogP contribution in [0.1, 0.15) is 12.1 Å². The Bertz CT molecular complexity index is 900. The lowest BCUT2D eigenvalue weighted by atomic mass is 10.2. The number of halogens is 1. The molecule has 1 atom stereocenters. The zero-order chi connectivity index (χ0) is 18.1. The first-order valence-corrected chi connectivity index (χ1v) is 8.27. The fourth-order valence-electron chi connectivity index (χ4n) is 3.02. The average molecular weight is 353 g/mol. The van der Waals surface area contributed by atoms with Gasteiger partial charge in [0, 0.05) is 31.9 Å². The van der Waals surface area contributed by atoms with Crippen molar-refractivity contribution in [2.75, 3.05) is 13.1 Å². The number of aromatic nitrogens is 3. The molecule has 0 aromatic carbocycles. The Morgan fingerprint density at radius 2 is 2.12 bits per heavy atom. The number of rotatable bonds is 4. The normalized spacial score (nSPS) is 20.0. The number of carbonyl (C=O) groups excluding carboxylic acids is 2. The first kappa shape index (κ1) is 16.2. The molecule has 2 aromatic heterocycles. The first-order chi connectivity index (χ1) is 12.6. The minimum absolute atomic E-state index is 0.0927. The van der Waals surface area contributed by atoms with Gasteiger partial charge < -0.3 is 4.90 Å². The summed E-state index contributed by atoms with van der Waals surface area (Å²) in [6.45, 7) is 0.951. The molecule has 2 aromatic rings. The molecule has 0 saturated carbocycles. The minimum atomic E-state index is -1.14. The highest BCUT2D eigenvalue weighted by Crippen LogP contribution is 2.22. The van der Waals surface area contributed by atoms with Crippen LogP contribution < -0.4 is 0 Å². The average Bonchev–Trinajstić information content (AvgIpc) is 3.32. The summed E-state index contributed by atoms with van der Waals surface area (Å²) in [5.74, 6) is -1.25. The zero-order valence-electron chi connectivity index (χ0n) is 13.9. The van der Waals surface area contributed by atoms with Crippen LogP contribution in [0, 0.1) is 0 Å². The van der Waals surface area contributed by atoms with Gasteiger partial charge in [-0.1, -0.05) is 0 Å². The second-order valence-electron chi connectivity index (χ2n) is 6.12. The second kappa shape index (κ2) is 6.57. The highest BCUT2D eigenvalue weighted by molar-refractivity contribution is 6.35. The number of pyridine rings is 1. The lowest BCUT2D eigenvalue weighted by Crippen LogP contribution is -2.53. The monoisotopic (exact) mass is 353 g/mol. The topological polar surface area (TPSA) is 71.3 Å². The predicted octanol–water partition coefficient (Wildman–Crippen LogP) is 1.22. The third kappa shape index (κ3) is 3.02. The van der Waals surface area contributed by atoms with Crippen molar-refractivity contribution in [3.63, 3.8) is 0 Å². The standard InChI is InChI=1S/C18H16FN5O2/c19-13-2-4-15(10-13)23-9-8-22(17(25)18(23)26)12-14-3-5-16(11-20-14)24-7-1-6-21-24/h1-3,5-7,11,13H,8-10,12H2. The van der Waals surface area contributed by atoms with Crippen molar-refractivity contribution in [2.45, 2.75) is 19.1 Å². The van der Waals surface area contributed by atoms with E-state index in [0.717, 1.165) is 5.69 Å². The van der Waals surface area contributed by atoms with Gasteiger partial charge in [-0.2, -0.15) is 5.10 Å². The molecular weight excluding hydrogens is 337 g/mol. The maximum atomic E-state index is 13.3. The van der Waals surface area contributed by atoms with Gasteiger partial charge in [-0.3, -0.25) is 19.5 Å². The number of allylic oxidation sites excluding steroid dienone is 1. The van der Waals surface area contributed by atoms with Crippen LogP contribution in [0.3, 0.4) is 0 Å². The molecule has 1 fully saturated rings. The largest absolute Gasteiger partial charge is 0.327 e. The summed E-state index contributed by atoms with van der Waals surface area (Å²) in [4.78, 5) is 31.8. The summed E-state index contributed by atoms with van der Waals surface area (Å²) in [7, 11) is 0. The third-order valence-electron chi connectivity index (χ3n) is 4.38. The molecule has 1 aliphatic carbocycles. The Morgan fingerprint density at radius 1 is 1.23 bits per heavy atom. The van der Waals surface area contributed by atoms with Gasteiger partial charge in [-0.05, 0) is 24.3 Å². The van der Waals surface area contributed by atoms with Crippen LogP contribution in [0.15, 0.2) is 54.3 Å². The molecule has 0 spiro atoms. The summed E-state index contributed by atoms with van der Waals surface area (Å²) >= 11 is 0. The summed E-state index contributed by atoms with van der Waals surface area (Å²) in [6, 6.07) is 5.47. The quantitative estimate of drug-likeness (QED) is 0.612. The van der Waals surface area contributed by atoms with Gasteiger partial charge in [0.25, 0.3) is 0 Å². The molecule has 26 heavy (non-hydrogen) atoms. The fourth-order valence-corrected chi connectivity index (χ4v) is 3.02. The third-order valence-corrected chi connectivity index (χ3v) is 4.38. The van der Waals surface area contributed by atoms with E-state index in [-0.39, 0.29) is 13.0 Å². The minimum Gasteiger partial charge on any atom is -0.327 e. The number of hydrogen-bond donors (Lipinski definition) is 0. The van der Waals surface area contributed by atoms with Crippen molar-refractivity contribution in [3.05, 3.63) is 60.0 Å². The van der Waals surface area contributed by atoms with Gasteiger partial charge in [-0.25, -0.2) is 9.07 Å². The van der Waals surface area contributed by atoms with E-state index >= 15 is 0 Å². The van der Waals surface area contributed by atoms with Crippen molar-refractivity contribution in [2.24, 2.45) is 0 Å². The van der Waals surface area contributed by atoms with E-state index in [1.54, 1.807) is 23.1 Å². The van der Waals surface area contributed by atoms with Crippen LogP contribution in [-0.4, -0.2) is 55.6 Å². The fraction of sp³-hybridized carbons (Fsp3) is 0.278. The van der Waals surface area contributed by atoms with Gasteiger partial charge in [-0.15, -0.1) is 5.73 Å². The Balaban J connectivity index is 1.42. The number of hydrogen-bond acceptors (Lipinski definition) is 4. The van der Waals surface area contributed by atoms with E-state index in [1.807, 2.05) is 18.3 Å².